The second kappa shape index (κ2) is 9.24. The molecule has 2 aromatic carbocycles. The van der Waals surface area contributed by atoms with E-state index < -0.39 is 0 Å². The van der Waals surface area contributed by atoms with E-state index in [9.17, 15) is 4.79 Å². The van der Waals surface area contributed by atoms with Gasteiger partial charge in [0.2, 0.25) is 0 Å². The predicted molar refractivity (Wildman–Crippen MR) is 122 cm³/mol. The number of aromatic nitrogens is 2. The molecule has 1 heterocycles. The van der Waals surface area contributed by atoms with Crippen LogP contribution in [-0.2, 0) is 9.53 Å². The number of fused-ring (bicyclic) bond motifs is 1. The first-order valence-electron chi connectivity index (χ1n) is 10.6. The average molecular weight is 406 g/mol. The van der Waals surface area contributed by atoms with E-state index in [0.717, 1.165) is 33.7 Å². The number of rotatable bonds is 7. The lowest BCUT2D eigenvalue weighted by atomic mass is 9.92. The molecule has 0 radical (unpaired) electrons. The number of ether oxygens (including phenoxy) is 1. The van der Waals surface area contributed by atoms with Crippen molar-refractivity contribution < 1.29 is 9.53 Å². The molecule has 0 saturated heterocycles. The van der Waals surface area contributed by atoms with Crippen LogP contribution in [0.3, 0.4) is 0 Å². The maximum atomic E-state index is 12.0. The van der Waals surface area contributed by atoms with Crippen molar-refractivity contribution >= 4 is 22.7 Å². The topological polar surface area (TPSA) is 64.1 Å². The van der Waals surface area contributed by atoms with Crippen LogP contribution in [0.15, 0.2) is 36.4 Å². The van der Waals surface area contributed by atoms with Crippen LogP contribution in [0, 0.1) is 20.8 Å². The summed E-state index contributed by atoms with van der Waals surface area (Å²) in [5.74, 6) is 1.43. The van der Waals surface area contributed by atoms with Crippen LogP contribution in [-0.4, -0.2) is 22.5 Å². The molecular weight excluding hydrogens is 374 g/mol. The van der Waals surface area contributed by atoms with E-state index in [-0.39, 0.29) is 17.9 Å². The second-order valence-electron chi connectivity index (χ2n) is 8.04. The van der Waals surface area contributed by atoms with E-state index >= 15 is 0 Å². The van der Waals surface area contributed by atoms with Crippen LogP contribution in [0.5, 0.6) is 0 Å². The van der Waals surface area contributed by atoms with Gasteiger partial charge in [0.05, 0.1) is 18.5 Å². The molecule has 0 aliphatic heterocycles. The molecule has 0 amide bonds. The van der Waals surface area contributed by atoms with Crippen LogP contribution in [0.2, 0.25) is 0 Å². The third-order valence-corrected chi connectivity index (χ3v) is 5.40. The minimum atomic E-state index is -0.170. The molecule has 0 bridgehead atoms. The van der Waals surface area contributed by atoms with Gasteiger partial charge in [-0.3, -0.25) is 4.79 Å². The molecule has 2 atom stereocenters. The zero-order chi connectivity index (χ0) is 21.8. The van der Waals surface area contributed by atoms with Crippen molar-refractivity contribution in [3.63, 3.8) is 0 Å². The molecule has 0 fully saturated rings. The number of nitrogens with zero attached hydrogens (tertiary/aromatic N) is 2. The van der Waals surface area contributed by atoms with Crippen LogP contribution in [0.25, 0.3) is 10.9 Å². The number of carbonyl (C=O) groups excluding carboxylic acids is 1. The van der Waals surface area contributed by atoms with Crippen molar-refractivity contribution in [3.05, 3.63) is 64.5 Å². The fourth-order valence-corrected chi connectivity index (χ4v) is 3.86. The fraction of sp³-hybridized carbons (Fsp3) is 0.400. The Balaban J connectivity index is 1.98. The Bertz CT molecular complexity index is 1060. The lowest BCUT2D eigenvalue weighted by Gasteiger charge is -2.19. The third-order valence-electron chi connectivity index (χ3n) is 5.40. The first-order valence-corrected chi connectivity index (χ1v) is 10.6. The first-order chi connectivity index (χ1) is 14.3. The highest BCUT2D eigenvalue weighted by Gasteiger charge is 2.18. The van der Waals surface area contributed by atoms with E-state index in [1.54, 1.807) is 0 Å². The summed E-state index contributed by atoms with van der Waals surface area (Å²) in [5.41, 5.74) is 5.59. The molecule has 30 heavy (non-hydrogen) atoms. The lowest BCUT2D eigenvalue weighted by Crippen LogP contribution is -2.11. The average Bonchev–Trinajstić information content (AvgIpc) is 2.67. The van der Waals surface area contributed by atoms with E-state index in [4.69, 9.17) is 9.72 Å². The van der Waals surface area contributed by atoms with Gasteiger partial charge in [-0.1, -0.05) is 36.8 Å². The Hall–Kier alpha value is -2.95. The summed E-state index contributed by atoms with van der Waals surface area (Å²) in [7, 11) is 0. The zero-order valence-electron chi connectivity index (χ0n) is 18.7. The van der Waals surface area contributed by atoms with Gasteiger partial charge in [-0.15, -0.1) is 0 Å². The van der Waals surface area contributed by atoms with Crippen molar-refractivity contribution in [2.75, 3.05) is 11.9 Å². The standard InChI is InChI=1S/C25H31N3O2/c1-7-30-24(29)13-17(4)21-14-22-23(12-16(21)3)27-19(6)28-25(22)26-18(5)20-10-8-9-15(2)11-20/h8-12,14,17-18H,7,13H2,1-6H3,(H,26,27,28)/t17?,18-/m1/s1. The maximum absolute atomic E-state index is 12.0. The summed E-state index contributed by atoms with van der Waals surface area (Å²) in [6.07, 6.45) is 0.357. The van der Waals surface area contributed by atoms with Gasteiger partial charge >= 0.3 is 5.97 Å². The van der Waals surface area contributed by atoms with Gasteiger partial charge in [0.15, 0.2) is 0 Å². The van der Waals surface area contributed by atoms with Crippen LogP contribution >= 0.6 is 0 Å². The summed E-state index contributed by atoms with van der Waals surface area (Å²) < 4.78 is 5.14. The molecule has 3 aromatic rings. The Morgan fingerprint density at radius 2 is 1.87 bits per heavy atom. The highest BCUT2D eigenvalue weighted by Crippen LogP contribution is 2.31. The number of esters is 1. The molecule has 0 aliphatic carbocycles. The van der Waals surface area contributed by atoms with Crippen LogP contribution in [0.1, 0.15) is 67.2 Å². The van der Waals surface area contributed by atoms with E-state index in [1.165, 1.54) is 11.1 Å². The Labute approximate surface area is 178 Å². The predicted octanol–water partition coefficient (Wildman–Crippen LogP) is 5.78. The number of nitrogens with one attached hydrogen (secondary N) is 1. The SMILES string of the molecule is CCOC(=O)CC(C)c1cc2c(N[C@H](C)c3cccc(C)c3)nc(C)nc2cc1C. The zero-order valence-corrected chi connectivity index (χ0v) is 18.7. The Morgan fingerprint density at radius 3 is 2.57 bits per heavy atom. The molecule has 1 N–H and O–H groups in total. The molecule has 3 rings (SSSR count). The minimum absolute atomic E-state index is 0.0526. The maximum Gasteiger partial charge on any atom is 0.306 e. The third kappa shape index (κ3) is 4.96. The highest BCUT2D eigenvalue weighted by molar-refractivity contribution is 5.90. The highest BCUT2D eigenvalue weighted by atomic mass is 16.5. The molecule has 0 aliphatic rings. The summed E-state index contributed by atoms with van der Waals surface area (Å²) in [4.78, 5) is 21.3. The van der Waals surface area contributed by atoms with Crippen molar-refractivity contribution in [3.8, 4) is 0 Å². The van der Waals surface area contributed by atoms with Gasteiger partial charge in [0.1, 0.15) is 11.6 Å². The minimum Gasteiger partial charge on any atom is -0.466 e. The van der Waals surface area contributed by atoms with Crippen molar-refractivity contribution in [2.24, 2.45) is 0 Å². The van der Waals surface area contributed by atoms with Gasteiger partial charge in [0.25, 0.3) is 0 Å². The van der Waals surface area contributed by atoms with E-state index in [0.29, 0.717) is 13.0 Å². The lowest BCUT2D eigenvalue weighted by molar-refractivity contribution is -0.143. The molecule has 5 nitrogen and oxygen atoms in total. The molecule has 5 heteroatoms. The molecule has 1 unspecified atom stereocenters. The number of carbonyl (C=O) groups is 1. The molecule has 0 saturated carbocycles. The van der Waals surface area contributed by atoms with Crippen molar-refractivity contribution in [1.82, 2.24) is 9.97 Å². The normalized spacial score (nSPS) is 13.1. The quantitative estimate of drug-likeness (QED) is 0.504. The van der Waals surface area contributed by atoms with Gasteiger partial charge in [-0.05, 0) is 69.4 Å². The second-order valence-corrected chi connectivity index (χ2v) is 8.04. The number of benzene rings is 2. The van der Waals surface area contributed by atoms with E-state index in [1.807, 2.05) is 13.8 Å². The first kappa shape index (κ1) is 21.8. The van der Waals surface area contributed by atoms with Gasteiger partial charge in [-0.2, -0.15) is 0 Å². The van der Waals surface area contributed by atoms with Crippen molar-refractivity contribution in [1.29, 1.82) is 0 Å². The number of anilines is 1. The van der Waals surface area contributed by atoms with Crippen LogP contribution < -0.4 is 5.32 Å². The fourth-order valence-electron chi connectivity index (χ4n) is 3.86. The molecule has 0 spiro atoms. The summed E-state index contributed by atoms with van der Waals surface area (Å²) in [6, 6.07) is 12.8. The Kier molecular flexibility index (Phi) is 6.70. The Morgan fingerprint density at radius 1 is 1.10 bits per heavy atom. The van der Waals surface area contributed by atoms with E-state index in [2.05, 4.69) is 74.4 Å². The van der Waals surface area contributed by atoms with Crippen molar-refractivity contribution in [2.45, 2.75) is 59.9 Å². The van der Waals surface area contributed by atoms with Gasteiger partial charge in [-0.25, -0.2) is 9.97 Å². The van der Waals surface area contributed by atoms with Crippen LogP contribution in [0.4, 0.5) is 5.82 Å². The number of hydrogen-bond donors (Lipinski definition) is 1. The molecule has 1 aromatic heterocycles. The molecule has 158 valence electrons. The smallest absolute Gasteiger partial charge is 0.306 e. The molecular formula is C25H31N3O2. The van der Waals surface area contributed by atoms with Gasteiger partial charge < -0.3 is 10.1 Å². The van der Waals surface area contributed by atoms with Gasteiger partial charge in [0, 0.05) is 11.4 Å². The number of hydrogen-bond acceptors (Lipinski definition) is 5. The monoisotopic (exact) mass is 405 g/mol. The summed E-state index contributed by atoms with van der Waals surface area (Å²) >= 11 is 0. The summed E-state index contributed by atoms with van der Waals surface area (Å²) in [6.45, 7) is 12.5. The largest absolute Gasteiger partial charge is 0.466 e. The summed E-state index contributed by atoms with van der Waals surface area (Å²) in [5, 5.41) is 4.54. The number of aryl methyl sites for hydroxylation is 3.